The van der Waals surface area contributed by atoms with E-state index in [1.54, 1.807) is 4.68 Å². The standard InChI is InChI=1S/C9H19N5O/c1-8(2)15-6-4-3-5-14-9(7-10)11-12-13-14/h8H,3-7,10H2,1-2H3. The average Bonchev–Trinajstić information content (AvgIpc) is 2.64. The highest BCUT2D eigenvalue weighted by atomic mass is 16.5. The van der Waals surface area contributed by atoms with Crippen LogP contribution in [0.1, 0.15) is 32.5 Å². The van der Waals surface area contributed by atoms with Crippen LogP contribution in [0.5, 0.6) is 0 Å². The molecule has 86 valence electrons. The van der Waals surface area contributed by atoms with Crippen LogP contribution in [0, 0.1) is 0 Å². The number of ether oxygens (including phenoxy) is 1. The van der Waals surface area contributed by atoms with Gasteiger partial charge < -0.3 is 10.5 Å². The lowest BCUT2D eigenvalue weighted by molar-refractivity contribution is 0.0752. The van der Waals surface area contributed by atoms with Gasteiger partial charge in [-0.2, -0.15) is 0 Å². The van der Waals surface area contributed by atoms with Gasteiger partial charge in [0.2, 0.25) is 0 Å². The lowest BCUT2D eigenvalue weighted by Crippen LogP contribution is -2.11. The zero-order valence-corrected chi connectivity index (χ0v) is 9.39. The van der Waals surface area contributed by atoms with Crippen molar-refractivity contribution in [1.82, 2.24) is 20.2 Å². The van der Waals surface area contributed by atoms with Crippen molar-refractivity contribution in [2.24, 2.45) is 5.73 Å². The van der Waals surface area contributed by atoms with Crippen LogP contribution in [0.25, 0.3) is 0 Å². The van der Waals surface area contributed by atoms with Gasteiger partial charge in [-0.1, -0.05) is 0 Å². The molecular weight excluding hydrogens is 194 g/mol. The van der Waals surface area contributed by atoms with Gasteiger partial charge >= 0.3 is 0 Å². The molecular formula is C9H19N5O. The largest absolute Gasteiger partial charge is 0.379 e. The molecule has 0 atom stereocenters. The first-order valence-electron chi connectivity index (χ1n) is 5.30. The van der Waals surface area contributed by atoms with Crippen molar-refractivity contribution >= 4 is 0 Å². The van der Waals surface area contributed by atoms with E-state index in [2.05, 4.69) is 15.5 Å². The Morgan fingerprint density at radius 1 is 1.40 bits per heavy atom. The minimum Gasteiger partial charge on any atom is -0.379 e. The lowest BCUT2D eigenvalue weighted by atomic mass is 10.3. The normalized spacial score (nSPS) is 11.2. The number of rotatable bonds is 7. The molecule has 0 saturated carbocycles. The molecule has 0 aliphatic rings. The Morgan fingerprint density at radius 3 is 2.87 bits per heavy atom. The van der Waals surface area contributed by atoms with Crippen molar-refractivity contribution in [3.05, 3.63) is 5.82 Å². The molecule has 0 saturated heterocycles. The van der Waals surface area contributed by atoms with Crippen LogP contribution in [0.15, 0.2) is 0 Å². The average molecular weight is 213 g/mol. The molecule has 6 nitrogen and oxygen atoms in total. The predicted octanol–water partition coefficient (Wildman–Crippen LogP) is 0.337. The van der Waals surface area contributed by atoms with Crippen molar-refractivity contribution in [3.8, 4) is 0 Å². The highest BCUT2D eigenvalue weighted by Crippen LogP contribution is 1.98. The van der Waals surface area contributed by atoms with E-state index in [1.165, 1.54) is 0 Å². The fraction of sp³-hybridized carbons (Fsp3) is 0.889. The van der Waals surface area contributed by atoms with Crippen LogP contribution >= 0.6 is 0 Å². The molecule has 1 aromatic rings. The SMILES string of the molecule is CC(C)OCCCCn1nnnc1CN. The zero-order valence-electron chi connectivity index (χ0n) is 9.39. The van der Waals surface area contributed by atoms with Crippen LogP contribution in [0.4, 0.5) is 0 Å². The quantitative estimate of drug-likeness (QED) is 0.661. The van der Waals surface area contributed by atoms with Gasteiger partial charge in [-0.25, -0.2) is 4.68 Å². The highest BCUT2D eigenvalue weighted by molar-refractivity contribution is 4.77. The molecule has 1 heterocycles. The summed E-state index contributed by atoms with van der Waals surface area (Å²) in [6, 6.07) is 0. The van der Waals surface area contributed by atoms with Crippen molar-refractivity contribution in [2.75, 3.05) is 6.61 Å². The molecule has 2 N–H and O–H groups in total. The van der Waals surface area contributed by atoms with Crippen molar-refractivity contribution < 1.29 is 4.74 Å². The zero-order chi connectivity index (χ0) is 11.1. The number of hydrogen-bond acceptors (Lipinski definition) is 5. The lowest BCUT2D eigenvalue weighted by Gasteiger charge is -2.07. The fourth-order valence-electron chi connectivity index (χ4n) is 1.23. The molecule has 0 aliphatic carbocycles. The number of aryl methyl sites for hydroxylation is 1. The number of unbranched alkanes of at least 4 members (excludes halogenated alkanes) is 1. The minimum atomic E-state index is 0.303. The molecule has 0 aliphatic heterocycles. The number of nitrogens with zero attached hydrogens (tertiary/aromatic N) is 4. The Bertz CT molecular complexity index is 273. The molecule has 1 rings (SSSR count). The Labute approximate surface area is 89.8 Å². The summed E-state index contributed by atoms with van der Waals surface area (Å²) in [6.07, 6.45) is 2.32. The molecule has 15 heavy (non-hydrogen) atoms. The molecule has 6 heteroatoms. The third-order valence-electron chi connectivity index (χ3n) is 2.00. The molecule has 1 aromatic heterocycles. The van der Waals surface area contributed by atoms with Gasteiger partial charge in [0.25, 0.3) is 0 Å². The molecule has 0 bridgehead atoms. The summed E-state index contributed by atoms with van der Waals surface area (Å²) in [6.45, 7) is 6.05. The summed E-state index contributed by atoms with van der Waals surface area (Å²) in [7, 11) is 0. The first-order valence-corrected chi connectivity index (χ1v) is 5.30. The van der Waals surface area contributed by atoms with E-state index in [0.717, 1.165) is 31.8 Å². The smallest absolute Gasteiger partial charge is 0.164 e. The maximum Gasteiger partial charge on any atom is 0.164 e. The van der Waals surface area contributed by atoms with Crippen LogP contribution in [-0.2, 0) is 17.8 Å². The molecule has 0 aromatic carbocycles. The van der Waals surface area contributed by atoms with E-state index in [-0.39, 0.29) is 0 Å². The minimum absolute atomic E-state index is 0.303. The summed E-state index contributed by atoms with van der Waals surface area (Å²) < 4.78 is 7.18. The number of aromatic nitrogens is 4. The van der Waals surface area contributed by atoms with Gasteiger partial charge in [-0.15, -0.1) is 5.10 Å². The van der Waals surface area contributed by atoms with E-state index in [4.69, 9.17) is 10.5 Å². The van der Waals surface area contributed by atoms with E-state index < -0.39 is 0 Å². The molecule has 0 radical (unpaired) electrons. The van der Waals surface area contributed by atoms with Gasteiger partial charge in [0.15, 0.2) is 5.82 Å². The van der Waals surface area contributed by atoms with Crippen LogP contribution in [0.2, 0.25) is 0 Å². The Kier molecular flexibility index (Phi) is 5.20. The summed E-state index contributed by atoms with van der Waals surface area (Å²) in [5.41, 5.74) is 5.48. The summed E-state index contributed by atoms with van der Waals surface area (Å²) in [5.74, 6) is 0.736. The number of hydrogen-bond donors (Lipinski definition) is 1. The summed E-state index contributed by atoms with van der Waals surface area (Å²) in [4.78, 5) is 0. The van der Waals surface area contributed by atoms with E-state index >= 15 is 0 Å². The number of tetrazole rings is 1. The number of nitrogens with two attached hydrogens (primary N) is 1. The van der Waals surface area contributed by atoms with Crippen LogP contribution in [0.3, 0.4) is 0 Å². The van der Waals surface area contributed by atoms with E-state index in [1.807, 2.05) is 13.8 Å². The second-order valence-corrected chi connectivity index (χ2v) is 3.65. The second-order valence-electron chi connectivity index (χ2n) is 3.65. The second kappa shape index (κ2) is 6.47. The predicted molar refractivity (Wildman–Crippen MR) is 56.0 cm³/mol. The monoisotopic (exact) mass is 213 g/mol. The van der Waals surface area contributed by atoms with Gasteiger partial charge in [-0.05, 0) is 37.1 Å². The third-order valence-corrected chi connectivity index (χ3v) is 2.00. The van der Waals surface area contributed by atoms with Gasteiger partial charge in [0.05, 0.1) is 12.6 Å². The van der Waals surface area contributed by atoms with E-state index in [9.17, 15) is 0 Å². The van der Waals surface area contributed by atoms with Crippen molar-refractivity contribution in [2.45, 2.75) is 45.9 Å². The van der Waals surface area contributed by atoms with Gasteiger partial charge in [-0.3, -0.25) is 0 Å². The maximum atomic E-state index is 5.48. The fourth-order valence-corrected chi connectivity index (χ4v) is 1.23. The topological polar surface area (TPSA) is 78.8 Å². The summed E-state index contributed by atoms with van der Waals surface area (Å²) in [5, 5.41) is 11.2. The Hall–Kier alpha value is -1.01. The molecule has 0 unspecified atom stereocenters. The first kappa shape index (κ1) is 12.1. The van der Waals surface area contributed by atoms with Gasteiger partial charge in [0, 0.05) is 13.2 Å². The molecule has 0 spiro atoms. The Morgan fingerprint density at radius 2 is 2.20 bits per heavy atom. The van der Waals surface area contributed by atoms with Crippen molar-refractivity contribution in [3.63, 3.8) is 0 Å². The van der Waals surface area contributed by atoms with Crippen molar-refractivity contribution in [1.29, 1.82) is 0 Å². The highest BCUT2D eigenvalue weighted by Gasteiger charge is 2.02. The third kappa shape index (κ3) is 4.35. The maximum absolute atomic E-state index is 5.48. The molecule has 0 fully saturated rings. The first-order chi connectivity index (χ1) is 7.24. The van der Waals surface area contributed by atoms with E-state index in [0.29, 0.717) is 12.6 Å². The Balaban J connectivity index is 2.15. The van der Waals surface area contributed by atoms with Gasteiger partial charge in [0.1, 0.15) is 0 Å². The molecule has 0 amide bonds. The van der Waals surface area contributed by atoms with Crippen LogP contribution in [-0.4, -0.2) is 32.9 Å². The van der Waals surface area contributed by atoms with Crippen LogP contribution < -0.4 is 5.73 Å². The summed E-state index contributed by atoms with van der Waals surface area (Å²) >= 11 is 0.